The van der Waals surface area contributed by atoms with Crippen LogP contribution >= 0.6 is 0 Å². The maximum atomic E-state index is 12.0. The molecule has 7 nitrogen and oxygen atoms in total. The van der Waals surface area contributed by atoms with Gasteiger partial charge in [-0.05, 0) is 20.8 Å². The molecule has 2 rings (SSSR count). The first kappa shape index (κ1) is 14.4. The third-order valence-electron chi connectivity index (χ3n) is 2.98. The van der Waals surface area contributed by atoms with Gasteiger partial charge < -0.3 is 15.4 Å². The molecule has 0 saturated carbocycles. The van der Waals surface area contributed by atoms with Crippen molar-refractivity contribution in [2.24, 2.45) is 0 Å². The van der Waals surface area contributed by atoms with Crippen LogP contribution in [0.3, 0.4) is 0 Å². The average Bonchev–Trinajstić information content (AvgIpc) is 2.91. The van der Waals surface area contributed by atoms with E-state index in [1.165, 1.54) is 0 Å². The average molecular weight is 280 g/mol. The molecule has 1 aromatic rings. The number of amides is 2. The molecule has 0 aromatic carbocycles. The SMILES string of the molecule is Cc1c(C(=O)NCCC(=O)NC(C)C)nn2c1OCC2. The van der Waals surface area contributed by atoms with E-state index in [0.29, 0.717) is 31.3 Å². The smallest absolute Gasteiger partial charge is 0.272 e. The Morgan fingerprint density at radius 3 is 2.85 bits per heavy atom. The number of ether oxygens (including phenoxy) is 1. The van der Waals surface area contributed by atoms with Crippen molar-refractivity contribution in [1.82, 2.24) is 20.4 Å². The molecular formula is C13H20N4O3. The summed E-state index contributed by atoms with van der Waals surface area (Å²) in [6, 6.07) is 0.105. The Balaban J connectivity index is 1.85. The lowest BCUT2D eigenvalue weighted by atomic mass is 10.2. The normalized spacial score (nSPS) is 13.0. The zero-order valence-electron chi connectivity index (χ0n) is 12.0. The number of carbonyl (C=O) groups excluding carboxylic acids is 2. The fraction of sp³-hybridized carbons (Fsp3) is 0.615. The Hall–Kier alpha value is -2.05. The van der Waals surface area contributed by atoms with E-state index in [-0.39, 0.29) is 24.3 Å². The van der Waals surface area contributed by atoms with Crippen molar-refractivity contribution in [3.63, 3.8) is 0 Å². The summed E-state index contributed by atoms with van der Waals surface area (Å²) in [6.07, 6.45) is 0.257. The zero-order chi connectivity index (χ0) is 14.7. The van der Waals surface area contributed by atoms with Crippen LogP contribution in [0.25, 0.3) is 0 Å². The molecule has 2 amide bonds. The van der Waals surface area contributed by atoms with E-state index in [9.17, 15) is 9.59 Å². The molecule has 0 saturated heterocycles. The van der Waals surface area contributed by atoms with Crippen molar-refractivity contribution < 1.29 is 14.3 Å². The van der Waals surface area contributed by atoms with Crippen LogP contribution in [0.2, 0.25) is 0 Å². The molecular weight excluding hydrogens is 260 g/mol. The van der Waals surface area contributed by atoms with Gasteiger partial charge in [-0.25, -0.2) is 4.68 Å². The molecule has 0 atom stereocenters. The Morgan fingerprint density at radius 1 is 1.45 bits per heavy atom. The van der Waals surface area contributed by atoms with Gasteiger partial charge in [-0.1, -0.05) is 0 Å². The highest BCUT2D eigenvalue weighted by atomic mass is 16.5. The first-order valence-electron chi connectivity index (χ1n) is 6.76. The fourth-order valence-electron chi connectivity index (χ4n) is 2.08. The Bertz CT molecular complexity index is 522. The topological polar surface area (TPSA) is 85.3 Å². The number of carbonyl (C=O) groups is 2. The van der Waals surface area contributed by atoms with Gasteiger partial charge in [0.25, 0.3) is 5.91 Å². The molecule has 1 aromatic heterocycles. The van der Waals surface area contributed by atoms with E-state index in [1.54, 1.807) is 4.68 Å². The number of nitrogens with one attached hydrogen (secondary N) is 2. The largest absolute Gasteiger partial charge is 0.476 e. The number of hydrogen-bond donors (Lipinski definition) is 2. The highest BCUT2D eigenvalue weighted by Gasteiger charge is 2.24. The quantitative estimate of drug-likeness (QED) is 0.808. The van der Waals surface area contributed by atoms with Crippen LogP contribution in [0, 0.1) is 6.92 Å². The molecule has 7 heteroatoms. The fourth-order valence-corrected chi connectivity index (χ4v) is 2.08. The first-order chi connectivity index (χ1) is 9.49. The van der Waals surface area contributed by atoms with Gasteiger partial charge in [0.1, 0.15) is 6.61 Å². The molecule has 110 valence electrons. The molecule has 1 aliphatic rings. The number of aromatic nitrogens is 2. The summed E-state index contributed by atoms with van der Waals surface area (Å²) >= 11 is 0. The molecule has 2 N–H and O–H groups in total. The predicted octanol–water partition coefficient (Wildman–Crippen LogP) is 0.228. The number of fused-ring (bicyclic) bond motifs is 1. The molecule has 0 unspecified atom stereocenters. The molecule has 0 fully saturated rings. The van der Waals surface area contributed by atoms with Gasteiger partial charge in [-0.3, -0.25) is 9.59 Å². The van der Waals surface area contributed by atoms with Gasteiger partial charge in [0.05, 0.1) is 6.54 Å². The minimum atomic E-state index is -0.273. The second kappa shape index (κ2) is 5.94. The third-order valence-corrected chi connectivity index (χ3v) is 2.98. The van der Waals surface area contributed by atoms with Gasteiger partial charge >= 0.3 is 0 Å². The summed E-state index contributed by atoms with van der Waals surface area (Å²) in [6.45, 7) is 7.16. The predicted molar refractivity (Wildman–Crippen MR) is 72.7 cm³/mol. The summed E-state index contributed by atoms with van der Waals surface area (Å²) < 4.78 is 7.09. The van der Waals surface area contributed by atoms with Crippen LogP contribution in [-0.2, 0) is 11.3 Å². The van der Waals surface area contributed by atoms with Crippen LogP contribution in [0.1, 0.15) is 36.3 Å². The second-order valence-electron chi connectivity index (χ2n) is 5.08. The number of nitrogens with zero attached hydrogens (tertiary/aromatic N) is 2. The van der Waals surface area contributed by atoms with Crippen molar-refractivity contribution in [1.29, 1.82) is 0 Å². The van der Waals surface area contributed by atoms with E-state index in [2.05, 4.69) is 15.7 Å². The molecule has 0 bridgehead atoms. The van der Waals surface area contributed by atoms with Crippen molar-refractivity contribution in [2.45, 2.75) is 39.8 Å². The highest BCUT2D eigenvalue weighted by Crippen LogP contribution is 2.25. The maximum Gasteiger partial charge on any atom is 0.272 e. The minimum Gasteiger partial charge on any atom is -0.476 e. The van der Waals surface area contributed by atoms with Crippen LogP contribution < -0.4 is 15.4 Å². The summed E-state index contributed by atoms with van der Waals surface area (Å²) in [5.41, 5.74) is 1.11. The van der Waals surface area contributed by atoms with Gasteiger partial charge in [0.2, 0.25) is 11.8 Å². The Kier molecular flexibility index (Phi) is 4.26. The second-order valence-corrected chi connectivity index (χ2v) is 5.08. The van der Waals surface area contributed by atoms with Gasteiger partial charge in [0.15, 0.2) is 5.69 Å². The number of hydrogen-bond acceptors (Lipinski definition) is 4. The van der Waals surface area contributed by atoms with Crippen molar-refractivity contribution >= 4 is 11.8 Å². The van der Waals surface area contributed by atoms with E-state index in [1.807, 2.05) is 20.8 Å². The molecule has 0 aliphatic carbocycles. The third kappa shape index (κ3) is 3.09. The van der Waals surface area contributed by atoms with Crippen LogP contribution in [0.15, 0.2) is 0 Å². The standard InChI is InChI=1S/C13H20N4O3/c1-8(2)15-10(18)4-5-14-12(19)11-9(3)13-17(16-11)6-7-20-13/h8H,4-7H2,1-3H3,(H,14,19)(H,15,18). The van der Waals surface area contributed by atoms with Gasteiger partial charge in [-0.2, -0.15) is 5.10 Å². The summed E-state index contributed by atoms with van der Waals surface area (Å²) in [5, 5.41) is 9.69. The van der Waals surface area contributed by atoms with E-state index >= 15 is 0 Å². The lowest BCUT2D eigenvalue weighted by Crippen LogP contribution is -2.34. The maximum absolute atomic E-state index is 12.0. The molecule has 0 radical (unpaired) electrons. The van der Waals surface area contributed by atoms with Crippen LogP contribution in [0.5, 0.6) is 5.88 Å². The Morgan fingerprint density at radius 2 is 2.20 bits per heavy atom. The summed E-state index contributed by atoms with van der Waals surface area (Å²) in [5.74, 6) is 0.311. The first-order valence-corrected chi connectivity index (χ1v) is 6.76. The summed E-state index contributed by atoms with van der Waals surface area (Å²) in [7, 11) is 0. The highest BCUT2D eigenvalue weighted by molar-refractivity contribution is 5.94. The van der Waals surface area contributed by atoms with Crippen LogP contribution in [0.4, 0.5) is 0 Å². The molecule has 0 spiro atoms. The van der Waals surface area contributed by atoms with Crippen molar-refractivity contribution in [2.75, 3.05) is 13.2 Å². The summed E-state index contributed by atoms with van der Waals surface area (Å²) in [4.78, 5) is 23.5. The van der Waals surface area contributed by atoms with Crippen molar-refractivity contribution in [3.8, 4) is 5.88 Å². The monoisotopic (exact) mass is 280 g/mol. The zero-order valence-corrected chi connectivity index (χ0v) is 12.0. The van der Waals surface area contributed by atoms with E-state index < -0.39 is 0 Å². The van der Waals surface area contributed by atoms with Gasteiger partial charge in [-0.15, -0.1) is 0 Å². The minimum absolute atomic E-state index is 0.0762. The lowest BCUT2D eigenvalue weighted by molar-refractivity contribution is -0.121. The lowest BCUT2D eigenvalue weighted by Gasteiger charge is -2.08. The van der Waals surface area contributed by atoms with E-state index in [4.69, 9.17) is 4.74 Å². The van der Waals surface area contributed by atoms with E-state index in [0.717, 1.165) is 5.56 Å². The van der Waals surface area contributed by atoms with Gasteiger partial charge in [0, 0.05) is 24.6 Å². The van der Waals surface area contributed by atoms with Crippen molar-refractivity contribution in [3.05, 3.63) is 11.3 Å². The number of rotatable bonds is 5. The molecule has 1 aliphatic heterocycles. The Labute approximate surface area is 117 Å². The molecule has 20 heavy (non-hydrogen) atoms. The van der Waals surface area contributed by atoms with Crippen LogP contribution in [-0.4, -0.2) is 40.8 Å². The molecule has 2 heterocycles.